The highest BCUT2D eigenvalue weighted by atomic mass is 16.1. The molecule has 4 aromatic rings. The summed E-state index contributed by atoms with van der Waals surface area (Å²) < 4.78 is 0. The summed E-state index contributed by atoms with van der Waals surface area (Å²) in [5, 5.41) is 7.07. The van der Waals surface area contributed by atoms with Crippen LogP contribution in [0.5, 0.6) is 0 Å². The highest BCUT2D eigenvalue weighted by Gasteiger charge is 1.69. The fourth-order valence-corrected chi connectivity index (χ4v) is 1.09. The van der Waals surface area contributed by atoms with Gasteiger partial charge in [-0.3, -0.25) is 14.8 Å². The smallest absolute Gasteiger partial charge is 0.247 e. The van der Waals surface area contributed by atoms with Crippen molar-refractivity contribution in [3.05, 3.63) is 103 Å². The maximum absolute atomic E-state index is 10.2. The molecule has 1 N–H and O–H groups in total. The Morgan fingerprint density at radius 3 is 1.32 bits per heavy atom. The summed E-state index contributed by atoms with van der Waals surface area (Å²) in [6.45, 7) is 0. The average molecular weight is 336 g/mol. The summed E-state index contributed by atoms with van der Waals surface area (Å²) in [5.41, 5.74) is -0.0532. The molecule has 0 aromatic carbocycles. The van der Waals surface area contributed by atoms with Crippen LogP contribution in [-0.4, -0.2) is 40.1 Å². The van der Waals surface area contributed by atoms with Gasteiger partial charge in [0.05, 0.1) is 0 Å². The zero-order chi connectivity index (χ0) is 17.8. The van der Waals surface area contributed by atoms with Crippen molar-refractivity contribution in [1.29, 1.82) is 0 Å². The largest absolute Gasteiger partial charge is 0.329 e. The van der Waals surface area contributed by atoms with E-state index in [2.05, 4.69) is 40.1 Å². The van der Waals surface area contributed by atoms with Crippen LogP contribution in [0.3, 0.4) is 0 Å². The van der Waals surface area contributed by atoms with Gasteiger partial charge in [0, 0.05) is 49.4 Å². The lowest BCUT2D eigenvalue weighted by Crippen LogP contribution is -1.98. The lowest BCUT2D eigenvalue weighted by molar-refractivity contribution is 1.03. The molecule has 0 fully saturated rings. The van der Waals surface area contributed by atoms with E-state index in [1.807, 2.05) is 12.1 Å². The average Bonchev–Trinajstić information content (AvgIpc) is 2.74. The molecule has 0 unspecified atom stereocenters. The Balaban J connectivity index is 0.000000167. The van der Waals surface area contributed by atoms with Crippen LogP contribution in [0.4, 0.5) is 0 Å². The van der Waals surface area contributed by atoms with Crippen LogP contribution in [-0.2, 0) is 0 Å². The van der Waals surface area contributed by atoms with E-state index < -0.39 is 0 Å². The zero-order valence-corrected chi connectivity index (χ0v) is 13.2. The maximum Gasteiger partial charge on any atom is 0.247 e. The van der Waals surface area contributed by atoms with Crippen LogP contribution in [0.2, 0.25) is 0 Å². The summed E-state index contributed by atoms with van der Waals surface area (Å²) >= 11 is 0. The molecule has 0 aliphatic heterocycles. The monoisotopic (exact) mass is 336 g/mol. The fraction of sp³-hybridized carbons (Fsp3) is 0. The molecule has 4 heterocycles. The molecule has 0 saturated carbocycles. The molecule has 25 heavy (non-hydrogen) atoms. The highest BCUT2D eigenvalue weighted by Crippen LogP contribution is 1.68. The van der Waals surface area contributed by atoms with Crippen molar-refractivity contribution in [3.63, 3.8) is 0 Å². The first-order valence-electron chi connectivity index (χ1n) is 7.00. The van der Waals surface area contributed by atoms with Gasteiger partial charge in [0.15, 0.2) is 0 Å². The van der Waals surface area contributed by atoms with E-state index in [0.717, 1.165) is 0 Å². The number of rotatable bonds is 0. The normalized spacial score (nSPS) is 8.16. The van der Waals surface area contributed by atoms with Crippen LogP contribution in [0.25, 0.3) is 0 Å². The van der Waals surface area contributed by atoms with Gasteiger partial charge in [0.25, 0.3) is 0 Å². The van der Waals surface area contributed by atoms with Crippen molar-refractivity contribution in [2.24, 2.45) is 0 Å². The first-order chi connectivity index (χ1) is 12.4. The minimum absolute atomic E-state index is 0.0532. The Morgan fingerprint density at radius 1 is 0.600 bits per heavy atom. The fourth-order valence-electron chi connectivity index (χ4n) is 1.09. The number of H-pyrrole nitrogens is 1. The molecule has 0 aliphatic carbocycles. The van der Waals surface area contributed by atoms with Crippen molar-refractivity contribution in [2.75, 3.05) is 0 Å². The highest BCUT2D eigenvalue weighted by molar-refractivity contribution is 4.89. The lowest BCUT2D eigenvalue weighted by atomic mass is 10.5. The van der Waals surface area contributed by atoms with Crippen LogP contribution in [0.1, 0.15) is 0 Å². The van der Waals surface area contributed by atoms with Crippen LogP contribution in [0.15, 0.2) is 97.5 Å². The zero-order valence-electron chi connectivity index (χ0n) is 13.2. The topological polar surface area (TPSA) is 123 Å². The number of nitrogens with one attached hydrogen (secondary N) is 1. The minimum atomic E-state index is -0.0532. The molecule has 9 heteroatoms. The Morgan fingerprint density at radius 2 is 1.12 bits per heavy atom. The van der Waals surface area contributed by atoms with Gasteiger partial charge < -0.3 is 4.98 Å². The van der Waals surface area contributed by atoms with Crippen molar-refractivity contribution in [1.82, 2.24) is 40.1 Å². The van der Waals surface area contributed by atoms with Gasteiger partial charge in [-0.15, -0.1) is 0 Å². The van der Waals surface area contributed by atoms with E-state index in [-0.39, 0.29) is 5.56 Å². The first kappa shape index (κ1) is 19.2. The molecule has 4 rings (SSSR count). The van der Waals surface area contributed by atoms with Gasteiger partial charge in [-0.1, -0.05) is 6.07 Å². The molecule has 9 nitrogen and oxygen atoms in total. The van der Waals surface area contributed by atoms with Gasteiger partial charge in [-0.05, 0) is 18.2 Å². The third-order valence-electron chi connectivity index (χ3n) is 2.04. The van der Waals surface area contributed by atoms with E-state index in [9.17, 15) is 4.79 Å². The minimum Gasteiger partial charge on any atom is -0.329 e. The lowest BCUT2D eigenvalue weighted by Gasteiger charge is -1.73. The molecular formula is C16H16N8O. The summed E-state index contributed by atoms with van der Waals surface area (Å²) in [6.07, 6.45) is 15.7. The number of aromatic nitrogens is 8. The molecule has 0 amide bonds. The second-order valence-corrected chi connectivity index (χ2v) is 3.83. The molecular weight excluding hydrogens is 320 g/mol. The van der Waals surface area contributed by atoms with Gasteiger partial charge in [0.2, 0.25) is 5.56 Å². The number of pyridine rings is 1. The molecule has 4 aromatic heterocycles. The number of aromatic amines is 1. The van der Waals surface area contributed by atoms with E-state index in [0.29, 0.717) is 0 Å². The predicted molar refractivity (Wildman–Crippen MR) is 91.0 cm³/mol. The van der Waals surface area contributed by atoms with E-state index in [4.69, 9.17) is 0 Å². The van der Waals surface area contributed by atoms with Gasteiger partial charge in [0.1, 0.15) is 19.0 Å². The van der Waals surface area contributed by atoms with E-state index in [1.165, 1.54) is 25.0 Å². The summed E-state index contributed by atoms with van der Waals surface area (Å²) in [4.78, 5) is 30.8. The third kappa shape index (κ3) is 13.5. The van der Waals surface area contributed by atoms with Gasteiger partial charge in [-0.25, -0.2) is 15.0 Å². The Labute approximate surface area is 144 Å². The van der Waals surface area contributed by atoms with Crippen molar-refractivity contribution < 1.29 is 0 Å². The summed E-state index contributed by atoms with van der Waals surface area (Å²) in [5.74, 6) is 0. The molecule has 0 bridgehead atoms. The quantitative estimate of drug-likeness (QED) is 0.508. The van der Waals surface area contributed by atoms with Crippen LogP contribution < -0.4 is 5.56 Å². The maximum atomic E-state index is 10.2. The molecule has 0 aliphatic rings. The van der Waals surface area contributed by atoms with Crippen LogP contribution >= 0.6 is 0 Å². The van der Waals surface area contributed by atoms with Gasteiger partial charge >= 0.3 is 0 Å². The van der Waals surface area contributed by atoms with E-state index in [1.54, 1.807) is 55.5 Å². The van der Waals surface area contributed by atoms with Crippen LogP contribution in [0, 0.1) is 0 Å². The number of nitrogens with zero attached hydrogens (tertiary/aromatic N) is 7. The Hall–Kier alpha value is -3.88. The Kier molecular flexibility index (Phi) is 11.5. The summed E-state index contributed by atoms with van der Waals surface area (Å²) in [7, 11) is 0. The standard InChI is InChI=1S/C5H5NO.2C4H4N2.C3H3N3/c7-5-3-1-2-4-6-5;1-2-6-4-3-5-1;1-2-4-6-5-3-1;1-4-2-6-3-5-1/h1-4H,(H,6,7);2*1-4H;1-3H. The molecule has 0 spiro atoms. The Bertz CT molecular complexity index is 612. The predicted octanol–water partition coefficient (Wildman–Crippen LogP) is 1.20. The van der Waals surface area contributed by atoms with Crippen molar-refractivity contribution >= 4 is 0 Å². The molecule has 0 saturated heterocycles. The summed E-state index contributed by atoms with van der Waals surface area (Å²) in [6, 6.07) is 8.58. The number of hydrogen-bond acceptors (Lipinski definition) is 8. The second kappa shape index (κ2) is 15.0. The van der Waals surface area contributed by atoms with Gasteiger partial charge in [-0.2, -0.15) is 10.2 Å². The third-order valence-corrected chi connectivity index (χ3v) is 2.04. The molecule has 0 atom stereocenters. The van der Waals surface area contributed by atoms with Crippen molar-refractivity contribution in [3.8, 4) is 0 Å². The SMILES string of the molecule is O=c1cccc[nH]1.c1ccnnc1.c1cnccn1.c1ncncn1. The number of hydrogen-bond donors (Lipinski definition) is 1. The van der Waals surface area contributed by atoms with E-state index >= 15 is 0 Å². The second-order valence-electron chi connectivity index (χ2n) is 3.83. The molecule has 126 valence electrons. The van der Waals surface area contributed by atoms with Crippen molar-refractivity contribution in [2.45, 2.75) is 0 Å². The first-order valence-corrected chi connectivity index (χ1v) is 7.00. The molecule has 0 radical (unpaired) electrons.